The van der Waals surface area contributed by atoms with Gasteiger partial charge < -0.3 is 6.53 Å². The van der Waals surface area contributed by atoms with Gasteiger partial charge in [-0.05, 0) is 24.8 Å². The van der Waals surface area contributed by atoms with Crippen LogP contribution in [0.15, 0.2) is 18.2 Å². The second-order valence-corrected chi connectivity index (χ2v) is 6.11. The van der Waals surface area contributed by atoms with Crippen molar-refractivity contribution in [3.63, 3.8) is 0 Å². The zero-order chi connectivity index (χ0) is 13.7. The first-order valence-electron chi connectivity index (χ1n) is 6.89. The molecule has 2 nitrogen and oxygen atoms in total. The molecule has 104 valence electrons. The molecule has 0 spiro atoms. The van der Waals surface area contributed by atoms with E-state index in [1.165, 1.54) is 5.56 Å². The minimum absolute atomic E-state index is 0. The Morgan fingerprint density at radius 1 is 1.11 bits per heavy atom. The van der Waals surface area contributed by atoms with Gasteiger partial charge in [0.25, 0.3) is 0 Å². The third-order valence-electron chi connectivity index (χ3n) is 2.88. The van der Waals surface area contributed by atoms with Gasteiger partial charge in [0.1, 0.15) is 5.75 Å². The van der Waals surface area contributed by atoms with E-state index >= 15 is 0 Å². The number of nitrogens with zero attached hydrogens (tertiary/aromatic N) is 1. The van der Waals surface area contributed by atoms with Crippen molar-refractivity contribution in [3.8, 4) is 5.75 Å². The zero-order valence-corrected chi connectivity index (χ0v) is 13.4. The van der Waals surface area contributed by atoms with Gasteiger partial charge in [0.05, 0.1) is 0 Å². The van der Waals surface area contributed by atoms with Gasteiger partial charge >= 0.3 is 18.9 Å². The van der Waals surface area contributed by atoms with Crippen LogP contribution in [0, 0.1) is 18.8 Å². The molecule has 1 aromatic rings. The van der Waals surface area contributed by atoms with Gasteiger partial charge in [-0.25, -0.2) is 0 Å². The average molecular weight is 257 g/mol. The van der Waals surface area contributed by atoms with Crippen LogP contribution in [0.2, 0.25) is 0 Å². The van der Waals surface area contributed by atoms with Gasteiger partial charge in [0.15, 0.2) is 0 Å². The van der Waals surface area contributed by atoms with Crippen molar-refractivity contribution >= 4 is 0 Å². The molecule has 1 aromatic carbocycles. The fourth-order valence-electron chi connectivity index (χ4n) is 2.32. The molecule has 0 saturated heterocycles. The summed E-state index contributed by atoms with van der Waals surface area (Å²) in [4.78, 5) is 2.43. The molecule has 0 saturated carbocycles. The predicted octanol–water partition coefficient (Wildman–Crippen LogP) is 0.931. The molecule has 0 radical (unpaired) electrons. The minimum Gasteiger partial charge on any atom is -1.00 e. The van der Waals surface area contributed by atoms with Gasteiger partial charge in [-0.2, -0.15) is 0 Å². The second-order valence-electron chi connectivity index (χ2n) is 6.11. The van der Waals surface area contributed by atoms with Crippen LogP contribution in [-0.2, 0) is 6.54 Å². The van der Waals surface area contributed by atoms with Crippen molar-refractivity contribution in [1.82, 2.24) is 4.90 Å². The first kappa shape index (κ1) is 18.6. The Labute approximate surface area is 131 Å². The number of aromatic hydroxyl groups is 1. The van der Waals surface area contributed by atoms with E-state index in [1.54, 1.807) is 6.07 Å². The van der Waals surface area contributed by atoms with Gasteiger partial charge in [-0.3, -0.25) is 4.90 Å². The topological polar surface area (TPSA) is 23.5 Å². The third-order valence-corrected chi connectivity index (χ3v) is 2.88. The number of rotatable bonds is 6. The van der Waals surface area contributed by atoms with Crippen molar-refractivity contribution in [2.75, 3.05) is 13.1 Å². The van der Waals surface area contributed by atoms with Crippen molar-refractivity contribution < 1.29 is 25.4 Å². The molecule has 0 aliphatic rings. The summed E-state index contributed by atoms with van der Waals surface area (Å²) in [5, 5.41) is 9.93. The van der Waals surface area contributed by atoms with E-state index < -0.39 is 0 Å². The zero-order valence-electron chi connectivity index (χ0n) is 14.4. The number of benzene rings is 1. The summed E-state index contributed by atoms with van der Waals surface area (Å²) in [6.45, 7) is 14.0. The molecule has 19 heavy (non-hydrogen) atoms. The maximum Gasteiger partial charge on any atom is 1.00 e. The molecule has 0 bridgehead atoms. The van der Waals surface area contributed by atoms with E-state index in [0.29, 0.717) is 17.6 Å². The van der Waals surface area contributed by atoms with Crippen molar-refractivity contribution in [2.24, 2.45) is 11.8 Å². The van der Waals surface area contributed by atoms with E-state index in [9.17, 15) is 5.11 Å². The first-order chi connectivity index (χ1) is 8.38. The maximum absolute atomic E-state index is 9.93. The number of aryl methyl sites for hydroxylation is 1. The second kappa shape index (κ2) is 8.69. The number of hydrogen-bond donors (Lipinski definition) is 1. The Kier molecular flexibility index (Phi) is 8.50. The van der Waals surface area contributed by atoms with Crippen molar-refractivity contribution in [3.05, 3.63) is 29.3 Å². The number of phenols is 1. The summed E-state index contributed by atoms with van der Waals surface area (Å²) < 4.78 is 0. The van der Waals surface area contributed by atoms with Crippen LogP contribution in [-0.4, -0.2) is 23.1 Å². The molecule has 3 heteroatoms. The van der Waals surface area contributed by atoms with Crippen molar-refractivity contribution in [1.29, 1.82) is 0 Å². The molecule has 1 rings (SSSR count). The Hall–Kier alpha value is -0.423. The summed E-state index contributed by atoms with van der Waals surface area (Å²) in [5.74, 6) is 1.71. The Morgan fingerprint density at radius 2 is 1.63 bits per heavy atom. The number of hydrogen-bond acceptors (Lipinski definition) is 2. The fraction of sp³-hybridized carbons (Fsp3) is 0.625. The van der Waals surface area contributed by atoms with Crippen LogP contribution in [0.1, 0.15) is 40.2 Å². The molecule has 0 heterocycles. The quantitative estimate of drug-likeness (QED) is 0.766. The molecule has 0 atom stereocenters. The van der Waals surface area contributed by atoms with Gasteiger partial charge in [-0.1, -0.05) is 45.4 Å². The fourth-order valence-corrected chi connectivity index (χ4v) is 2.32. The van der Waals surface area contributed by atoms with Crippen LogP contribution >= 0.6 is 0 Å². The summed E-state index contributed by atoms with van der Waals surface area (Å²) in [6, 6.07) is 5.84. The Bertz CT molecular complexity index is 373. The predicted molar refractivity (Wildman–Crippen MR) is 78.9 cm³/mol. The largest absolute Gasteiger partial charge is 1.00 e. The van der Waals surface area contributed by atoms with E-state index in [2.05, 4.69) is 45.6 Å². The van der Waals surface area contributed by atoms with Gasteiger partial charge in [0, 0.05) is 25.2 Å². The molecule has 0 aliphatic carbocycles. The van der Waals surface area contributed by atoms with Gasteiger partial charge in [0.2, 0.25) is 0 Å². The molecule has 0 amide bonds. The smallest absolute Gasteiger partial charge is 1.00 e. The summed E-state index contributed by atoms with van der Waals surface area (Å²) in [5.41, 5.74) is 2.24. The van der Waals surface area contributed by atoms with E-state index in [4.69, 9.17) is 0 Å². The normalized spacial score (nSPS) is 11.2. The van der Waals surface area contributed by atoms with Crippen LogP contribution in [0.5, 0.6) is 5.75 Å². The molecular formula is C16H28LiNO. The first-order valence-corrected chi connectivity index (χ1v) is 6.89. The van der Waals surface area contributed by atoms with Gasteiger partial charge in [-0.15, -0.1) is 0 Å². The SMILES string of the molecule is Cc1ccc(O)c(CN(CC(C)C)CC(C)C)c1.[H-].[Li+]. The van der Waals surface area contributed by atoms with Crippen molar-refractivity contribution in [2.45, 2.75) is 41.2 Å². The summed E-state index contributed by atoms with van der Waals surface area (Å²) in [7, 11) is 0. The van der Waals surface area contributed by atoms with Crippen LogP contribution in [0.3, 0.4) is 0 Å². The molecule has 0 aliphatic heterocycles. The average Bonchev–Trinajstić information content (AvgIpc) is 2.21. The van der Waals surface area contributed by atoms with E-state index in [1.807, 2.05) is 6.07 Å². The Balaban J connectivity index is 0. The monoisotopic (exact) mass is 257 g/mol. The molecular weight excluding hydrogens is 229 g/mol. The molecule has 0 fully saturated rings. The maximum atomic E-state index is 9.93. The summed E-state index contributed by atoms with van der Waals surface area (Å²) in [6.07, 6.45) is 0. The minimum atomic E-state index is 0. The van der Waals surface area contributed by atoms with Crippen LogP contribution in [0.25, 0.3) is 0 Å². The molecule has 0 aromatic heterocycles. The van der Waals surface area contributed by atoms with Crippen LogP contribution < -0.4 is 18.9 Å². The standard InChI is InChI=1S/C16H27NO.Li.H/c1-12(2)9-17(10-13(3)4)11-15-8-14(5)6-7-16(15)18;;/h6-8,12-13,18H,9-11H2,1-5H3;;/q;+1;-1. The number of phenolic OH excluding ortho intramolecular Hbond substituents is 1. The molecule has 1 N–H and O–H groups in total. The third kappa shape index (κ3) is 7.06. The van der Waals surface area contributed by atoms with E-state index in [-0.39, 0.29) is 20.3 Å². The van der Waals surface area contributed by atoms with Crippen LogP contribution in [0.4, 0.5) is 0 Å². The summed E-state index contributed by atoms with van der Waals surface area (Å²) >= 11 is 0. The van der Waals surface area contributed by atoms with E-state index in [0.717, 1.165) is 25.2 Å². The molecule has 0 unspecified atom stereocenters. The Morgan fingerprint density at radius 3 is 2.11 bits per heavy atom.